The molecule has 7 rings (SSSR count). The maximum absolute atomic E-state index is 13.6. The van der Waals surface area contributed by atoms with Gasteiger partial charge in [0, 0.05) is 30.3 Å². The van der Waals surface area contributed by atoms with Crippen LogP contribution < -0.4 is 14.8 Å². The Kier molecular flexibility index (Phi) is 4.74. The Hall–Kier alpha value is -3.23. The van der Waals surface area contributed by atoms with E-state index in [4.69, 9.17) is 9.47 Å². The third-order valence-corrected chi connectivity index (χ3v) is 9.47. The summed E-state index contributed by atoms with van der Waals surface area (Å²) in [6.07, 6.45) is 2.69. The number of benzene rings is 2. The van der Waals surface area contributed by atoms with Crippen molar-refractivity contribution < 1.29 is 29.6 Å². The zero-order chi connectivity index (χ0) is 25.7. The quantitative estimate of drug-likeness (QED) is 0.494. The highest BCUT2D eigenvalue weighted by Crippen LogP contribution is 2.66. The maximum Gasteiger partial charge on any atom is 0.255 e. The number of carbonyl (C=O) groups is 1. The lowest BCUT2D eigenvalue weighted by molar-refractivity contribution is -0.172. The molecule has 8 heteroatoms. The number of carbonyl (C=O) groups excluding carboxylic acids is 1. The highest BCUT2D eigenvalue weighted by molar-refractivity contribution is 6.05. The molecule has 1 amide bonds. The number of amides is 1. The lowest BCUT2D eigenvalue weighted by Gasteiger charge is -2.62. The topological polar surface area (TPSA) is 111 Å². The number of aromatic hydroxyl groups is 1. The first kappa shape index (κ1) is 22.9. The number of ether oxygens (including phenoxy) is 2. The summed E-state index contributed by atoms with van der Waals surface area (Å²) in [5.74, 6) is 1.04. The minimum atomic E-state index is -1.33. The van der Waals surface area contributed by atoms with Gasteiger partial charge in [-0.2, -0.15) is 0 Å². The Balaban J connectivity index is 1.33. The molecule has 1 spiro atoms. The third kappa shape index (κ3) is 3.00. The van der Waals surface area contributed by atoms with E-state index < -0.39 is 23.0 Å². The maximum atomic E-state index is 13.6. The summed E-state index contributed by atoms with van der Waals surface area (Å²) in [5, 5.41) is 37.9. The number of phenolic OH excluding ortho intramolecular Hbond substituents is 1. The van der Waals surface area contributed by atoms with Crippen molar-refractivity contribution >= 4 is 11.6 Å². The van der Waals surface area contributed by atoms with Gasteiger partial charge in [-0.1, -0.05) is 6.07 Å². The molecule has 2 aromatic carbocycles. The summed E-state index contributed by atoms with van der Waals surface area (Å²) < 4.78 is 11.5. The number of aryl methyl sites for hydroxylation is 1. The van der Waals surface area contributed by atoms with Gasteiger partial charge < -0.3 is 30.1 Å². The van der Waals surface area contributed by atoms with Crippen molar-refractivity contribution in [2.45, 2.75) is 62.2 Å². The van der Waals surface area contributed by atoms with Crippen molar-refractivity contribution in [3.05, 3.63) is 58.4 Å². The van der Waals surface area contributed by atoms with E-state index in [1.54, 1.807) is 25.3 Å². The molecule has 5 aliphatic rings. The third-order valence-electron chi connectivity index (χ3n) is 9.47. The molecule has 0 radical (unpaired) electrons. The molecule has 2 bridgehead atoms. The van der Waals surface area contributed by atoms with Crippen molar-refractivity contribution in [1.82, 2.24) is 4.90 Å². The van der Waals surface area contributed by atoms with Gasteiger partial charge in [-0.25, -0.2) is 0 Å². The van der Waals surface area contributed by atoms with E-state index in [0.29, 0.717) is 35.9 Å². The van der Waals surface area contributed by atoms with Gasteiger partial charge in [0.25, 0.3) is 5.91 Å². The Morgan fingerprint density at radius 3 is 2.78 bits per heavy atom. The van der Waals surface area contributed by atoms with Gasteiger partial charge in [0.15, 0.2) is 17.6 Å². The van der Waals surface area contributed by atoms with Crippen molar-refractivity contribution in [3.63, 3.8) is 0 Å². The van der Waals surface area contributed by atoms with Crippen LogP contribution in [0, 0.1) is 12.8 Å². The molecule has 8 nitrogen and oxygen atoms in total. The van der Waals surface area contributed by atoms with E-state index in [0.717, 1.165) is 29.8 Å². The number of aliphatic hydroxyl groups is 2. The highest BCUT2D eigenvalue weighted by atomic mass is 16.5. The molecular formula is C29H32N2O6. The zero-order valence-corrected chi connectivity index (χ0v) is 21.1. The molecule has 4 N–H and O–H groups in total. The van der Waals surface area contributed by atoms with Crippen molar-refractivity contribution in [2.24, 2.45) is 5.92 Å². The Morgan fingerprint density at radius 2 is 2.05 bits per heavy atom. The fraction of sp³-hybridized carbons (Fsp3) is 0.483. The van der Waals surface area contributed by atoms with E-state index in [1.165, 1.54) is 12.8 Å². The van der Waals surface area contributed by atoms with Crippen molar-refractivity contribution in [2.75, 3.05) is 25.5 Å². The summed E-state index contributed by atoms with van der Waals surface area (Å²) in [6, 6.07) is 8.70. The van der Waals surface area contributed by atoms with Crippen LogP contribution in [0.3, 0.4) is 0 Å². The van der Waals surface area contributed by atoms with E-state index in [-0.39, 0.29) is 29.5 Å². The molecule has 2 aliphatic heterocycles. The van der Waals surface area contributed by atoms with Gasteiger partial charge in [0.05, 0.1) is 23.7 Å². The van der Waals surface area contributed by atoms with Crippen LogP contribution in [0.5, 0.6) is 17.2 Å². The molecule has 4 atom stereocenters. The number of aliphatic hydroxyl groups excluding tert-OH is 1. The molecule has 1 unspecified atom stereocenters. The minimum Gasteiger partial charge on any atom is -0.508 e. The fourth-order valence-corrected chi connectivity index (χ4v) is 7.47. The van der Waals surface area contributed by atoms with Crippen molar-refractivity contribution in [3.8, 4) is 17.2 Å². The number of piperidine rings is 1. The van der Waals surface area contributed by atoms with Crippen LogP contribution in [-0.4, -0.2) is 64.1 Å². The summed E-state index contributed by atoms with van der Waals surface area (Å²) in [7, 11) is 1.59. The van der Waals surface area contributed by atoms with Gasteiger partial charge in [-0.15, -0.1) is 0 Å². The van der Waals surface area contributed by atoms with Crippen LogP contribution in [0.4, 0.5) is 5.69 Å². The lowest BCUT2D eigenvalue weighted by atomic mass is 9.49. The number of methoxy groups -OCH3 is 1. The number of nitrogens with one attached hydrogen (secondary N) is 1. The second-order valence-corrected chi connectivity index (χ2v) is 11.4. The SMILES string of the molecule is COc1ccc(NC(=O)C2=C(O)C3Oc4c(O)ccc5c4[C@@]34CCN(CC3CC3)[C@H](C5)[C@]4(O)C2)c(C)c1. The van der Waals surface area contributed by atoms with Crippen LogP contribution in [0.1, 0.15) is 42.4 Å². The molecule has 3 aliphatic carbocycles. The fourth-order valence-electron chi connectivity index (χ4n) is 7.47. The average Bonchev–Trinajstić information content (AvgIpc) is 3.62. The zero-order valence-electron chi connectivity index (χ0n) is 21.1. The van der Waals surface area contributed by atoms with E-state index in [2.05, 4.69) is 10.2 Å². The molecule has 194 valence electrons. The number of rotatable bonds is 5. The number of hydrogen-bond acceptors (Lipinski definition) is 7. The molecule has 2 heterocycles. The first-order valence-electron chi connectivity index (χ1n) is 13.1. The molecule has 1 saturated carbocycles. The minimum absolute atomic E-state index is 0.00334. The molecule has 2 aromatic rings. The number of likely N-dealkylation sites (tertiary alicyclic amines) is 1. The summed E-state index contributed by atoms with van der Waals surface area (Å²) in [6.45, 7) is 3.58. The first-order valence-corrected chi connectivity index (χ1v) is 13.1. The monoisotopic (exact) mass is 504 g/mol. The number of hydrogen-bond donors (Lipinski definition) is 4. The predicted octanol–water partition coefficient (Wildman–Crippen LogP) is 3.33. The smallest absolute Gasteiger partial charge is 0.255 e. The van der Waals surface area contributed by atoms with Crippen LogP contribution in [0.25, 0.3) is 0 Å². The van der Waals surface area contributed by atoms with Crippen LogP contribution >= 0.6 is 0 Å². The van der Waals surface area contributed by atoms with Gasteiger partial charge in [0.1, 0.15) is 11.5 Å². The predicted molar refractivity (Wildman–Crippen MR) is 136 cm³/mol. The first-order chi connectivity index (χ1) is 17.8. The molecule has 0 aromatic heterocycles. The van der Waals surface area contributed by atoms with Crippen LogP contribution in [0.15, 0.2) is 41.7 Å². The Morgan fingerprint density at radius 1 is 1.24 bits per heavy atom. The second-order valence-electron chi connectivity index (χ2n) is 11.4. The van der Waals surface area contributed by atoms with E-state index >= 15 is 0 Å². The van der Waals surface area contributed by atoms with Gasteiger partial charge >= 0.3 is 0 Å². The average molecular weight is 505 g/mol. The van der Waals surface area contributed by atoms with Crippen LogP contribution in [-0.2, 0) is 16.6 Å². The second kappa shape index (κ2) is 7.65. The summed E-state index contributed by atoms with van der Waals surface area (Å²) >= 11 is 0. The summed E-state index contributed by atoms with van der Waals surface area (Å²) in [4.78, 5) is 16.0. The van der Waals surface area contributed by atoms with Crippen molar-refractivity contribution in [1.29, 1.82) is 0 Å². The Bertz CT molecular complexity index is 1370. The lowest BCUT2D eigenvalue weighted by Crippen LogP contribution is -2.75. The molecule has 2 fully saturated rings. The number of anilines is 1. The number of phenols is 1. The van der Waals surface area contributed by atoms with Crippen LogP contribution in [0.2, 0.25) is 0 Å². The molecule has 1 saturated heterocycles. The van der Waals surface area contributed by atoms with Gasteiger partial charge in [-0.05, 0) is 80.5 Å². The normalized spacial score (nSPS) is 31.5. The van der Waals surface area contributed by atoms with E-state index in [1.807, 2.05) is 19.1 Å². The largest absolute Gasteiger partial charge is 0.508 e. The molecular weight excluding hydrogens is 472 g/mol. The Labute approximate surface area is 215 Å². The standard InChI is InChI=1S/C29H32N2O6/c1-15-11-18(36-2)6-7-20(15)30-27(34)19-13-29(35)22-12-17-5-8-21(32)25-23(17)28(29,26(37-25)24(19)33)9-10-31(22)14-16-3-4-16/h5-8,11,16,22,26,32-33,35H,3-4,9-10,12-14H2,1-2H3,(H,30,34)/t22-,26?,28+,29-/m1/s1. The van der Waals surface area contributed by atoms with E-state index in [9.17, 15) is 20.1 Å². The highest BCUT2D eigenvalue weighted by Gasteiger charge is 2.73. The van der Waals surface area contributed by atoms with Gasteiger partial charge in [0.2, 0.25) is 0 Å². The summed E-state index contributed by atoms with van der Waals surface area (Å²) in [5.41, 5.74) is 1.16. The van der Waals surface area contributed by atoms with Gasteiger partial charge in [-0.3, -0.25) is 9.69 Å². The number of nitrogens with zero attached hydrogens (tertiary/aromatic N) is 1. The molecule has 37 heavy (non-hydrogen) atoms.